The molecule has 1 aromatic heterocycles. The van der Waals surface area contributed by atoms with Crippen LogP contribution in [0.3, 0.4) is 0 Å². The van der Waals surface area contributed by atoms with Crippen molar-refractivity contribution in [3.63, 3.8) is 0 Å². The van der Waals surface area contributed by atoms with Crippen molar-refractivity contribution in [3.05, 3.63) is 53.7 Å². The van der Waals surface area contributed by atoms with Crippen LogP contribution in [0.15, 0.2) is 42.6 Å². The van der Waals surface area contributed by atoms with Crippen molar-refractivity contribution in [3.8, 4) is 11.3 Å². The molecule has 0 unspecified atom stereocenters. The summed E-state index contributed by atoms with van der Waals surface area (Å²) in [5, 5.41) is 0. The fraction of sp³-hybridized carbons (Fsp3) is 0.593. The molecule has 1 fully saturated rings. The molecular weight excluding hydrogens is 338 g/mol. The molecule has 152 valence electrons. The molecule has 1 heteroatoms. The molecule has 0 N–H and O–H groups in total. The number of benzene rings is 1. The fourth-order valence-electron chi connectivity index (χ4n) is 4.75. The van der Waals surface area contributed by atoms with E-state index in [1.807, 2.05) is 0 Å². The van der Waals surface area contributed by atoms with Crippen LogP contribution in [-0.2, 0) is 12.8 Å². The highest BCUT2D eigenvalue weighted by molar-refractivity contribution is 5.59. The highest BCUT2D eigenvalue weighted by atomic mass is 14.7. The Hall–Kier alpha value is -1.63. The summed E-state index contributed by atoms with van der Waals surface area (Å²) in [5.41, 5.74) is 5.18. The molecule has 2 aromatic rings. The minimum absolute atomic E-state index is 0.953. The Bertz CT molecular complexity index is 662. The van der Waals surface area contributed by atoms with Gasteiger partial charge in [-0.25, -0.2) is 0 Å². The van der Waals surface area contributed by atoms with Crippen LogP contribution in [-0.4, -0.2) is 4.98 Å². The van der Waals surface area contributed by atoms with Gasteiger partial charge in [-0.05, 0) is 54.7 Å². The van der Waals surface area contributed by atoms with Gasteiger partial charge in [0.25, 0.3) is 0 Å². The third-order valence-corrected chi connectivity index (χ3v) is 6.65. The second kappa shape index (κ2) is 11.4. The van der Waals surface area contributed by atoms with Gasteiger partial charge < -0.3 is 0 Å². The first-order chi connectivity index (χ1) is 13.8. The van der Waals surface area contributed by atoms with Crippen LogP contribution >= 0.6 is 0 Å². The Morgan fingerprint density at radius 1 is 0.714 bits per heavy atom. The maximum atomic E-state index is 4.70. The van der Waals surface area contributed by atoms with Crippen LogP contribution < -0.4 is 0 Å². The average Bonchev–Trinajstić information content (AvgIpc) is 2.75. The van der Waals surface area contributed by atoms with Crippen LogP contribution in [0, 0.1) is 11.8 Å². The summed E-state index contributed by atoms with van der Waals surface area (Å²) in [5.74, 6) is 1.97. The van der Waals surface area contributed by atoms with E-state index in [9.17, 15) is 0 Å². The van der Waals surface area contributed by atoms with Crippen molar-refractivity contribution >= 4 is 0 Å². The smallest absolute Gasteiger partial charge is 0.0702 e. The monoisotopic (exact) mass is 377 g/mol. The molecule has 0 radical (unpaired) electrons. The van der Waals surface area contributed by atoms with Crippen LogP contribution in [0.4, 0.5) is 0 Å². The Balaban J connectivity index is 1.46. The summed E-state index contributed by atoms with van der Waals surface area (Å²) in [7, 11) is 0. The zero-order valence-corrected chi connectivity index (χ0v) is 18.1. The van der Waals surface area contributed by atoms with Gasteiger partial charge in [0.05, 0.1) is 5.69 Å². The predicted molar refractivity (Wildman–Crippen MR) is 122 cm³/mol. The van der Waals surface area contributed by atoms with Crippen LogP contribution in [0.5, 0.6) is 0 Å². The zero-order valence-electron chi connectivity index (χ0n) is 18.1. The van der Waals surface area contributed by atoms with E-state index in [2.05, 4.69) is 56.4 Å². The molecule has 0 saturated heterocycles. The second-order valence-electron chi connectivity index (χ2n) is 8.92. The van der Waals surface area contributed by atoms with Crippen molar-refractivity contribution in [2.75, 3.05) is 0 Å². The maximum Gasteiger partial charge on any atom is 0.0702 e. The van der Waals surface area contributed by atoms with Crippen molar-refractivity contribution in [2.45, 2.75) is 90.9 Å². The number of aryl methyl sites for hydroxylation is 2. The molecule has 1 aromatic carbocycles. The summed E-state index contributed by atoms with van der Waals surface area (Å²) >= 11 is 0. The molecule has 1 aliphatic carbocycles. The van der Waals surface area contributed by atoms with Crippen molar-refractivity contribution in [1.29, 1.82) is 0 Å². The second-order valence-corrected chi connectivity index (χ2v) is 8.92. The Morgan fingerprint density at radius 2 is 1.39 bits per heavy atom. The lowest BCUT2D eigenvalue weighted by Crippen LogP contribution is -2.15. The van der Waals surface area contributed by atoms with E-state index in [1.165, 1.54) is 87.3 Å². The molecule has 3 rings (SSSR count). The van der Waals surface area contributed by atoms with Gasteiger partial charge in [-0.15, -0.1) is 0 Å². The third kappa shape index (κ3) is 6.47. The van der Waals surface area contributed by atoms with Gasteiger partial charge in [0, 0.05) is 11.8 Å². The van der Waals surface area contributed by atoms with E-state index in [0.29, 0.717) is 0 Å². The number of nitrogens with zero attached hydrogens (tertiary/aromatic N) is 1. The van der Waals surface area contributed by atoms with Crippen LogP contribution in [0.25, 0.3) is 11.3 Å². The fourth-order valence-corrected chi connectivity index (χ4v) is 4.75. The largest absolute Gasteiger partial charge is 0.256 e. The normalized spacial score (nSPS) is 19.6. The highest BCUT2D eigenvalue weighted by Crippen LogP contribution is 2.34. The molecule has 0 amide bonds. The molecule has 1 aliphatic rings. The Morgan fingerprint density at radius 3 is 2.00 bits per heavy atom. The Labute approximate surface area is 173 Å². The summed E-state index contributed by atoms with van der Waals surface area (Å²) in [6, 6.07) is 13.6. The summed E-state index contributed by atoms with van der Waals surface area (Å²) < 4.78 is 0. The number of aromatic nitrogens is 1. The van der Waals surface area contributed by atoms with Crippen molar-refractivity contribution in [2.24, 2.45) is 11.8 Å². The summed E-state index contributed by atoms with van der Waals surface area (Å²) in [6.45, 7) is 4.58. The zero-order chi connectivity index (χ0) is 19.6. The van der Waals surface area contributed by atoms with Crippen LogP contribution in [0.1, 0.15) is 89.2 Å². The average molecular weight is 378 g/mol. The van der Waals surface area contributed by atoms with E-state index in [1.54, 1.807) is 0 Å². The molecule has 0 bridgehead atoms. The number of pyridine rings is 1. The number of hydrogen-bond donors (Lipinski definition) is 0. The molecule has 1 saturated carbocycles. The molecule has 0 spiro atoms. The van der Waals surface area contributed by atoms with Gasteiger partial charge in [0.1, 0.15) is 0 Å². The quantitative estimate of drug-likeness (QED) is 0.382. The predicted octanol–water partition coefficient (Wildman–Crippen LogP) is 8.02. The van der Waals surface area contributed by atoms with Crippen molar-refractivity contribution in [1.82, 2.24) is 4.98 Å². The van der Waals surface area contributed by atoms with E-state index in [0.717, 1.165) is 24.0 Å². The number of unbranched alkanes of at least 4 members (excludes halogenated alkanes) is 2. The van der Waals surface area contributed by atoms with E-state index in [-0.39, 0.29) is 0 Å². The molecule has 0 atom stereocenters. The first kappa shape index (κ1) is 21.1. The summed E-state index contributed by atoms with van der Waals surface area (Å²) in [6.07, 6.45) is 18.3. The van der Waals surface area contributed by atoms with E-state index >= 15 is 0 Å². The molecule has 1 heterocycles. The SMILES string of the molecule is CCCCCc1ccc(-c2ccc(CC[C@H]3CC[C@H](CCC)CC3)cc2)nc1. The van der Waals surface area contributed by atoms with Gasteiger partial charge in [0.2, 0.25) is 0 Å². The van der Waals surface area contributed by atoms with Crippen LogP contribution in [0.2, 0.25) is 0 Å². The van der Waals surface area contributed by atoms with Gasteiger partial charge in [-0.3, -0.25) is 4.98 Å². The standard InChI is InChI=1S/C27H39N/c1-3-5-6-8-25-17-20-27(28-21-25)26-18-15-24(16-19-26)14-13-23-11-9-22(7-4-2)10-12-23/h15-23H,3-14H2,1-2H3/t22-,23-. The summed E-state index contributed by atoms with van der Waals surface area (Å²) in [4.78, 5) is 4.70. The molecule has 28 heavy (non-hydrogen) atoms. The lowest BCUT2D eigenvalue weighted by atomic mass is 9.78. The third-order valence-electron chi connectivity index (χ3n) is 6.65. The van der Waals surface area contributed by atoms with Gasteiger partial charge in [0.15, 0.2) is 0 Å². The topological polar surface area (TPSA) is 12.9 Å². The highest BCUT2D eigenvalue weighted by Gasteiger charge is 2.20. The molecule has 0 aliphatic heterocycles. The van der Waals surface area contributed by atoms with Gasteiger partial charge in [-0.2, -0.15) is 0 Å². The maximum absolute atomic E-state index is 4.70. The van der Waals surface area contributed by atoms with Crippen molar-refractivity contribution < 1.29 is 0 Å². The lowest BCUT2D eigenvalue weighted by Gasteiger charge is -2.28. The molecule has 1 nitrogen and oxygen atoms in total. The minimum Gasteiger partial charge on any atom is -0.256 e. The lowest BCUT2D eigenvalue weighted by molar-refractivity contribution is 0.252. The van der Waals surface area contributed by atoms with Gasteiger partial charge >= 0.3 is 0 Å². The molecular formula is C27H39N. The van der Waals surface area contributed by atoms with E-state index in [4.69, 9.17) is 4.98 Å². The number of hydrogen-bond acceptors (Lipinski definition) is 1. The van der Waals surface area contributed by atoms with Gasteiger partial charge in [-0.1, -0.05) is 95.5 Å². The minimum atomic E-state index is 0.953. The first-order valence-corrected chi connectivity index (χ1v) is 11.8. The Kier molecular flexibility index (Phi) is 8.58. The first-order valence-electron chi connectivity index (χ1n) is 11.8. The number of rotatable bonds is 10. The van der Waals surface area contributed by atoms with E-state index < -0.39 is 0 Å².